The fraction of sp³-hybridized carbons (Fsp3) is 0.250. The van der Waals surface area contributed by atoms with E-state index in [0.717, 1.165) is 0 Å². The summed E-state index contributed by atoms with van der Waals surface area (Å²) < 4.78 is 23.5. The summed E-state index contributed by atoms with van der Waals surface area (Å²) >= 11 is 5.33. The second kappa shape index (κ2) is 6.25. The summed E-state index contributed by atoms with van der Waals surface area (Å²) in [4.78, 5) is 11.0. The highest BCUT2D eigenvalue weighted by Crippen LogP contribution is 2.30. The standard InChI is InChI=1S/C12H12ClFO3/c1-16-11-5-8(3-4-9(15)7-13)10(14)6-12(11)17-2/h3-6H,7H2,1-2H3. The van der Waals surface area contributed by atoms with E-state index in [1.54, 1.807) is 0 Å². The lowest BCUT2D eigenvalue weighted by Gasteiger charge is -2.08. The first-order chi connectivity index (χ1) is 8.12. The number of hydrogen-bond donors (Lipinski definition) is 0. The highest BCUT2D eigenvalue weighted by atomic mass is 35.5. The Bertz CT molecular complexity index is 444. The lowest BCUT2D eigenvalue weighted by Crippen LogP contribution is -1.95. The van der Waals surface area contributed by atoms with Crippen LogP contribution in [0.2, 0.25) is 0 Å². The average molecular weight is 259 g/mol. The summed E-state index contributed by atoms with van der Waals surface area (Å²) in [6, 6.07) is 2.65. The molecule has 0 heterocycles. The monoisotopic (exact) mass is 258 g/mol. The fourth-order valence-corrected chi connectivity index (χ4v) is 1.31. The number of ether oxygens (including phenoxy) is 2. The highest BCUT2D eigenvalue weighted by Gasteiger charge is 2.09. The molecule has 0 bridgehead atoms. The van der Waals surface area contributed by atoms with Crippen molar-refractivity contribution in [2.75, 3.05) is 20.1 Å². The van der Waals surface area contributed by atoms with Gasteiger partial charge in [0.1, 0.15) is 5.82 Å². The van der Waals surface area contributed by atoms with E-state index in [2.05, 4.69) is 0 Å². The molecule has 0 unspecified atom stereocenters. The van der Waals surface area contributed by atoms with Crippen molar-refractivity contribution in [3.63, 3.8) is 0 Å². The van der Waals surface area contributed by atoms with Crippen molar-refractivity contribution in [3.05, 3.63) is 29.6 Å². The molecule has 0 aliphatic rings. The quantitative estimate of drug-likeness (QED) is 0.602. The number of benzene rings is 1. The lowest BCUT2D eigenvalue weighted by molar-refractivity contribution is -0.112. The van der Waals surface area contributed by atoms with Crippen molar-refractivity contribution in [2.24, 2.45) is 0 Å². The second-order valence-corrected chi connectivity index (χ2v) is 3.43. The number of allylic oxidation sites excluding steroid dienone is 1. The molecule has 1 aromatic rings. The maximum Gasteiger partial charge on any atom is 0.170 e. The highest BCUT2D eigenvalue weighted by molar-refractivity contribution is 6.29. The van der Waals surface area contributed by atoms with Crippen LogP contribution in [0.5, 0.6) is 11.5 Å². The molecule has 0 saturated heterocycles. The van der Waals surface area contributed by atoms with Gasteiger partial charge in [-0.3, -0.25) is 4.79 Å². The summed E-state index contributed by atoms with van der Waals surface area (Å²) in [6.07, 6.45) is 2.57. The van der Waals surface area contributed by atoms with Crippen molar-refractivity contribution < 1.29 is 18.7 Å². The fourth-order valence-electron chi connectivity index (χ4n) is 1.22. The van der Waals surface area contributed by atoms with Gasteiger partial charge in [0.2, 0.25) is 0 Å². The molecule has 0 saturated carbocycles. The van der Waals surface area contributed by atoms with E-state index < -0.39 is 5.82 Å². The molecule has 92 valence electrons. The Labute approximate surface area is 104 Å². The Morgan fingerprint density at radius 2 is 1.94 bits per heavy atom. The Kier molecular flexibility index (Phi) is 4.97. The van der Waals surface area contributed by atoms with Crippen LogP contribution in [0, 0.1) is 5.82 Å². The minimum absolute atomic E-state index is 0.134. The van der Waals surface area contributed by atoms with Crippen LogP contribution in [0.4, 0.5) is 4.39 Å². The molecule has 1 aromatic carbocycles. The Morgan fingerprint density at radius 1 is 1.35 bits per heavy atom. The first kappa shape index (κ1) is 13.5. The van der Waals surface area contributed by atoms with Crippen LogP contribution in [0.25, 0.3) is 6.08 Å². The van der Waals surface area contributed by atoms with Crippen LogP contribution >= 0.6 is 11.6 Å². The third kappa shape index (κ3) is 3.46. The molecule has 0 fully saturated rings. The zero-order valence-electron chi connectivity index (χ0n) is 9.50. The molecule has 0 radical (unpaired) electrons. The minimum atomic E-state index is -0.499. The van der Waals surface area contributed by atoms with Crippen LogP contribution in [0.1, 0.15) is 5.56 Å². The average Bonchev–Trinajstić information content (AvgIpc) is 2.36. The third-order valence-corrected chi connectivity index (χ3v) is 2.35. The maximum atomic E-state index is 13.6. The van der Waals surface area contributed by atoms with Crippen LogP contribution < -0.4 is 9.47 Å². The van der Waals surface area contributed by atoms with Gasteiger partial charge in [0.05, 0.1) is 20.1 Å². The van der Waals surface area contributed by atoms with Crippen LogP contribution in [-0.4, -0.2) is 25.9 Å². The van der Waals surface area contributed by atoms with E-state index in [-0.39, 0.29) is 17.2 Å². The van der Waals surface area contributed by atoms with E-state index >= 15 is 0 Å². The van der Waals surface area contributed by atoms with E-state index in [1.165, 1.54) is 38.5 Å². The Hall–Kier alpha value is -1.55. The number of halogens is 2. The van der Waals surface area contributed by atoms with Gasteiger partial charge in [-0.2, -0.15) is 0 Å². The zero-order chi connectivity index (χ0) is 12.8. The first-order valence-corrected chi connectivity index (χ1v) is 5.34. The molecule has 0 amide bonds. The first-order valence-electron chi connectivity index (χ1n) is 4.80. The summed E-state index contributed by atoms with van der Waals surface area (Å²) in [6.45, 7) is 0. The summed E-state index contributed by atoms with van der Waals surface area (Å²) in [7, 11) is 2.87. The molecule has 0 spiro atoms. The van der Waals surface area contributed by atoms with E-state index in [1.807, 2.05) is 0 Å². The molecule has 0 aliphatic heterocycles. The molecule has 0 atom stereocenters. The van der Waals surface area contributed by atoms with Gasteiger partial charge >= 0.3 is 0 Å². The van der Waals surface area contributed by atoms with Gasteiger partial charge in [-0.25, -0.2) is 4.39 Å². The number of ketones is 1. The van der Waals surface area contributed by atoms with Crippen molar-refractivity contribution >= 4 is 23.5 Å². The summed E-state index contributed by atoms with van der Waals surface area (Å²) in [5.41, 5.74) is 0.237. The number of hydrogen-bond acceptors (Lipinski definition) is 3. The summed E-state index contributed by atoms with van der Waals surface area (Å²) in [5, 5.41) is 0. The molecule has 3 nitrogen and oxygen atoms in total. The van der Waals surface area contributed by atoms with Crippen molar-refractivity contribution in [3.8, 4) is 11.5 Å². The van der Waals surface area contributed by atoms with Gasteiger partial charge in [-0.05, 0) is 18.2 Å². The van der Waals surface area contributed by atoms with E-state index in [9.17, 15) is 9.18 Å². The maximum absolute atomic E-state index is 13.6. The molecular weight excluding hydrogens is 247 g/mol. The largest absolute Gasteiger partial charge is 0.493 e. The van der Waals surface area contributed by atoms with Gasteiger partial charge in [-0.15, -0.1) is 11.6 Å². The normalized spacial score (nSPS) is 10.6. The Morgan fingerprint density at radius 3 is 2.47 bits per heavy atom. The second-order valence-electron chi connectivity index (χ2n) is 3.16. The van der Waals surface area contributed by atoms with Gasteiger partial charge in [0.15, 0.2) is 17.3 Å². The molecule has 0 aromatic heterocycles. The number of alkyl halides is 1. The SMILES string of the molecule is COc1cc(F)c(C=CC(=O)CCl)cc1OC. The number of carbonyl (C=O) groups excluding carboxylic acids is 1. The van der Waals surface area contributed by atoms with Crippen LogP contribution in [0.15, 0.2) is 18.2 Å². The topological polar surface area (TPSA) is 35.5 Å². The van der Waals surface area contributed by atoms with Gasteiger partial charge in [0.25, 0.3) is 0 Å². The molecular formula is C12H12ClFO3. The number of carbonyl (C=O) groups is 1. The molecule has 0 aliphatic carbocycles. The molecule has 5 heteroatoms. The summed E-state index contributed by atoms with van der Waals surface area (Å²) in [5.74, 6) is -0.231. The van der Waals surface area contributed by atoms with Gasteiger partial charge in [0, 0.05) is 11.6 Å². The smallest absolute Gasteiger partial charge is 0.170 e. The van der Waals surface area contributed by atoms with E-state index in [4.69, 9.17) is 21.1 Å². The number of rotatable bonds is 5. The predicted molar refractivity (Wildman–Crippen MR) is 64.3 cm³/mol. The molecule has 0 N–H and O–H groups in total. The van der Waals surface area contributed by atoms with Crippen LogP contribution in [0.3, 0.4) is 0 Å². The number of methoxy groups -OCH3 is 2. The van der Waals surface area contributed by atoms with Crippen LogP contribution in [-0.2, 0) is 4.79 Å². The van der Waals surface area contributed by atoms with Crippen molar-refractivity contribution in [1.29, 1.82) is 0 Å². The molecule has 1 rings (SSSR count). The van der Waals surface area contributed by atoms with Gasteiger partial charge < -0.3 is 9.47 Å². The third-order valence-electron chi connectivity index (χ3n) is 2.08. The van der Waals surface area contributed by atoms with Gasteiger partial charge in [-0.1, -0.05) is 0 Å². The molecule has 17 heavy (non-hydrogen) atoms. The lowest BCUT2D eigenvalue weighted by atomic mass is 10.1. The van der Waals surface area contributed by atoms with E-state index in [0.29, 0.717) is 11.5 Å². The van der Waals surface area contributed by atoms with Crippen molar-refractivity contribution in [1.82, 2.24) is 0 Å². The minimum Gasteiger partial charge on any atom is -0.493 e. The van der Waals surface area contributed by atoms with Crippen molar-refractivity contribution in [2.45, 2.75) is 0 Å². The Balaban J connectivity index is 3.08. The zero-order valence-corrected chi connectivity index (χ0v) is 10.3. The predicted octanol–water partition coefficient (Wildman–Crippen LogP) is 2.66.